The van der Waals surface area contributed by atoms with Gasteiger partial charge in [-0.3, -0.25) is 9.98 Å². The van der Waals surface area contributed by atoms with Crippen LogP contribution in [0.5, 0.6) is 5.75 Å². The molecule has 7 heteroatoms. The van der Waals surface area contributed by atoms with Crippen molar-refractivity contribution in [3.8, 4) is 5.75 Å². The van der Waals surface area contributed by atoms with Crippen molar-refractivity contribution in [3.63, 3.8) is 0 Å². The first-order valence-corrected chi connectivity index (χ1v) is 8.85. The Balaban J connectivity index is 1.86. The summed E-state index contributed by atoms with van der Waals surface area (Å²) in [4.78, 5) is -0.169. The van der Waals surface area contributed by atoms with Crippen LogP contribution < -0.4 is 10.2 Å². The first kappa shape index (κ1) is 16.9. The number of hydrazone groups is 1. The number of anilines is 1. The van der Waals surface area contributed by atoms with Gasteiger partial charge in [-0.1, -0.05) is 30.3 Å². The summed E-state index contributed by atoms with van der Waals surface area (Å²) in [7, 11) is -2.60. The van der Waals surface area contributed by atoms with Crippen LogP contribution in [0.4, 0.5) is 5.69 Å². The zero-order valence-electron chi connectivity index (χ0n) is 13.4. The number of fused-ring (bicyclic) bond motifs is 1. The molecule has 3 rings (SSSR count). The van der Waals surface area contributed by atoms with E-state index in [0.717, 1.165) is 16.3 Å². The molecular formula is C18H16N2O4S. The second kappa shape index (κ2) is 6.92. The van der Waals surface area contributed by atoms with Gasteiger partial charge in [0, 0.05) is 5.56 Å². The molecule has 0 aliphatic heterocycles. The Hall–Kier alpha value is -2.90. The maximum absolute atomic E-state index is 11.0. The number of nitrogens with zero attached hydrogens (tertiary/aromatic N) is 1. The predicted molar refractivity (Wildman–Crippen MR) is 98.0 cm³/mol. The van der Waals surface area contributed by atoms with E-state index in [0.29, 0.717) is 11.4 Å². The molecule has 0 aliphatic rings. The maximum atomic E-state index is 11.0. The SMILES string of the molecule is COc1ccc2ccccc2c1C=NNc1ccc(S(=O)(=O)O)cc1. The van der Waals surface area contributed by atoms with E-state index < -0.39 is 10.1 Å². The molecule has 2 N–H and O–H groups in total. The summed E-state index contributed by atoms with van der Waals surface area (Å²) in [5, 5.41) is 6.28. The van der Waals surface area contributed by atoms with E-state index in [1.807, 2.05) is 36.4 Å². The molecule has 0 unspecified atom stereocenters. The third-order valence-electron chi connectivity index (χ3n) is 3.69. The topological polar surface area (TPSA) is 88.0 Å². The maximum Gasteiger partial charge on any atom is 0.294 e. The van der Waals surface area contributed by atoms with Crippen molar-refractivity contribution in [2.45, 2.75) is 4.90 Å². The van der Waals surface area contributed by atoms with Gasteiger partial charge in [0.15, 0.2) is 0 Å². The average molecular weight is 356 g/mol. The molecule has 0 spiro atoms. The van der Waals surface area contributed by atoms with Gasteiger partial charge in [-0.2, -0.15) is 13.5 Å². The molecule has 6 nitrogen and oxygen atoms in total. The molecule has 3 aromatic carbocycles. The quantitative estimate of drug-likeness (QED) is 0.415. The lowest BCUT2D eigenvalue weighted by atomic mass is 10.0. The van der Waals surface area contributed by atoms with Gasteiger partial charge in [0.2, 0.25) is 0 Å². The molecule has 25 heavy (non-hydrogen) atoms. The van der Waals surface area contributed by atoms with E-state index in [1.165, 1.54) is 24.3 Å². The van der Waals surface area contributed by atoms with Crippen LogP contribution in [0.25, 0.3) is 10.8 Å². The zero-order valence-corrected chi connectivity index (χ0v) is 14.2. The van der Waals surface area contributed by atoms with E-state index in [1.54, 1.807) is 13.3 Å². The Morgan fingerprint density at radius 1 is 1.04 bits per heavy atom. The van der Waals surface area contributed by atoms with Crippen molar-refractivity contribution in [1.29, 1.82) is 0 Å². The van der Waals surface area contributed by atoms with Gasteiger partial charge < -0.3 is 4.74 Å². The molecule has 0 amide bonds. The zero-order chi connectivity index (χ0) is 17.9. The van der Waals surface area contributed by atoms with E-state index in [4.69, 9.17) is 9.29 Å². The second-order valence-corrected chi connectivity index (χ2v) is 6.69. The monoisotopic (exact) mass is 356 g/mol. The Morgan fingerprint density at radius 2 is 1.76 bits per heavy atom. The summed E-state index contributed by atoms with van der Waals surface area (Å²) in [6, 6.07) is 17.4. The van der Waals surface area contributed by atoms with Crippen LogP contribution >= 0.6 is 0 Å². The highest BCUT2D eigenvalue weighted by Crippen LogP contribution is 2.26. The van der Waals surface area contributed by atoms with Crippen LogP contribution in [0.3, 0.4) is 0 Å². The lowest BCUT2D eigenvalue weighted by molar-refractivity contribution is 0.415. The van der Waals surface area contributed by atoms with Gasteiger partial charge in [0.05, 0.1) is 23.9 Å². The van der Waals surface area contributed by atoms with Crippen LogP contribution in [0.15, 0.2) is 70.7 Å². The van der Waals surface area contributed by atoms with Crippen molar-refractivity contribution >= 4 is 32.8 Å². The fourth-order valence-corrected chi connectivity index (χ4v) is 2.94. The van der Waals surface area contributed by atoms with E-state index in [9.17, 15) is 8.42 Å². The van der Waals surface area contributed by atoms with Crippen molar-refractivity contribution < 1.29 is 17.7 Å². The molecule has 0 atom stereocenters. The minimum Gasteiger partial charge on any atom is -0.496 e. The van der Waals surface area contributed by atoms with Crippen molar-refractivity contribution in [3.05, 3.63) is 66.2 Å². The normalized spacial score (nSPS) is 11.8. The highest BCUT2D eigenvalue weighted by Gasteiger charge is 2.08. The van der Waals surface area contributed by atoms with Crippen molar-refractivity contribution in [2.24, 2.45) is 5.10 Å². The smallest absolute Gasteiger partial charge is 0.294 e. The number of hydrogen-bond donors (Lipinski definition) is 2. The van der Waals surface area contributed by atoms with Gasteiger partial charge in [0.25, 0.3) is 10.1 Å². The van der Waals surface area contributed by atoms with Crippen LogP contribution in [0.2, 0.25) is 0 Å². The summed E-state index contributed by atoms with van der Waals surface area (Å²) in [5.74, 6) is 0.700. The predicted octanol–water partition coefficient (Wildman–Crippen LogP) is 3.54. The van der Waals surface area contributed by atoms with Crippen molar-refractivity contribution in [1.82, 2.24) is 0 Å². The molecule has 0 aromatic heterocycles. The summed E-state index contributed by atoms with van der Waals surface area (Å²) in [6.07, 6.45) is 1.65. The Morgan fingerprint density at radius 3 is 2.44 bits per heavy atom. The molecular weight excluding hydrogens is 340 g/mol. The minimum atomic E-state index is -4.20. The Bertz CT molecular complexity index is 1030. The van der Waals surface area contributed by atoms with Gasteiger partial charge >= 0.3 is 0 Å². The lowest BCUT2D eigenvalue weighted by Gasteiger charge is -2.08. The molecule has 128 valence electrons. The molecule has 0 radical (unpaired) electrons. The van der Waals surface area contributed by atoms with Crippen LogP contribution in [0, 0.1) is 0 Å². The molecule has 0 bridgehead atoms. The van der Waals surface area contributed by atoms with E-state index in [2.05, 4.69) is 10.5 Å². The third-order valence-corrected chi connectivity index (χ3v) is 4.56. The average Bonchev–Trinajstić information content (AvgIpc) is 2.61. The second-order valence-electron chi connectivity index (χ2n) is 5.27. The minimum absolute atomic E-state index is 0.169. The Kier molecular flexibility index (Phi) is 4.69. The molecule has 0 heterocycles. The summed E-state index contributed by atoms with van der Waals surface area (Å²) < 4.78 is 36.4. The summed E-state index contributed by atoms with van der Waals surface area (Å²) >= 11 is 0. The standard InChI is InChI=1S/C18H16N2O4S/c1-24-18-11-6-13-4-2-3-5-16(13)17(18)12-19-20-14-7-9-15(10-8-14)25(21,22)23/h2-12,20H,1H3,(H,21,22,23). The van der Waals surface area contributed by atoms with Gasteiger partial charge in [-0.15, -0.1) is 0 Å². The number of nitrogens with one attached hydrogen (secondary N) is 1. The fourth-order valence-electron chi connectivity index (χ4n) is 2.46. The number of benzene rings is 3. The highest BCUT2D eigenvalue weighted by molar-refractivity contribution is 7.85. The number of rotatable bonds is 5. The number of methoxy groups -OCH3 is 1. The molecule has 3 aromatic rings. The summed E-state index contributed by atoms with van der Waals surface area (Å²) in [5.41, 5.74) is 4.25. The van der Waals surface area contributed by atoms with Gasteiger partial charge in [-0.05, 0) is 41.1 Å². The molecule has 0 saturated carbocycles. The first-order valence-electron chi connectivity index (χ1n) is 7.41. The number of ether oxygens (including phenoxy) is 1. The van der Waals surface area contributed by atoms with Crippen molar-refractivity contribution in [2.75, 3.05) is 12.5 Å². The first-order chi connectivity index (χ1) is 12.0. The molecule has 0 saturated heterocycles. The largest absolute Gasteiger partial charge is 0.496 e. The van der Waals surface area contributed by atoms with E-state index >= 15 is 0 Å². The van der Waals surface area contributed by atoms with Crippen LogP contribution in [-0.2, 0) is 10.1 Å². The highest BCUT2D eigenvalue weighted by atomic mass is 32.2. The van der Waals surface area contributed by atoms with Crippen LogP contribution in [-0.4, -0.2) is 26.3 Å². The molecule has 0 fully saturated rings. The van der Waals surface area contributed by atoms with Gasteiger partial charge in [0.1, 0.15) is 5.75 Å². The third kappa shape index (κ3) is 3.78. The van der Waals surface area contributed by atoms with Gasteiger partial charge in [-0.25, -0.2) is 0 Å². The van der Waals surface area contributed by atoms with Crippen LogP contribution in [0.1, 0.15) is 5.56 Å². The number of hydrogen-bond acceptors (Lipinski definition) is 5. The fraction of sp³-hybridized carbons (Fsp3) is 0.0556. The lowest BCUT2D eigenvalue weighted by Crippen LogP contribution is -1.98. The van der Waals surface area contributed by atoms with E-state index in [-0.39, 0.29) is 4.90 Å². The summed E-state index contributed by atoms with van der Waals surface area (Å²) in [6.45, 7) is 0. The Labute approximate surface area is 145 Å². The molecule has 0 aliphatic carbocycles.